The minimum Gasteiger partial charge on any atom is -0.350 e. The zero-order chi connectivity index (χ0) is 22.9. The number of hydrogen-bond donors (Lipinski definition) is 2. The van der Waals surface area contributed by atoms with Crippen LogP contribution >= 0.6 is 30.6 Å². The summed E-state index contributed by atoms with van der Waals surface area (Å²) in [6.07, 6.45) is 2.99. The molecule has 32 heavy (non-hydrogen) atoms. The highest BCUT2D eigenvalue weighted by molar-refractivity contribution is 7.75. The second kappa shape index (κ2) is 9.04. The fourth-order valence-electron chi connectivity index (χ4n) is 3.51. The first-order valence-corrected chi connectivity index (χ1v) is 12.0. The van der Waals surface area contributed by atoms with E-state index in [1.807, 2.05) is 6.92 Å². The average Bonchev–Trinajstić information content (AvgIpc) is 3.16. The van der Waals surface area contributed by atoms with Gasteiger partial charge >= 0.3 is 0 Å². The van der Waals surface area contributed by atoms with Crippen LogP contribution in [0.4, 0.5) is 0 Å². The van der Waals surface area contributed by atoms with Gasteiger partial charge in [0.1, 0.15) is 12.0 Å². The molecule has 2 aromatic heterocycles. The van der Waals surface area contributed by atoms with Crippen molar-refractivity contribution in [3.8, 4) is 0 Å². The highest BCUT2D eigenvalue weighted by atomic mass is 35.5. The predicted molar refractivity (Wildman–Crippen MR) is 127 cm³/mol. The van der Waals surface area contributed by atoms with Crippen molar-refractivity contribution in [1.82, 2.24) is 20.3 Å². The minimum atomic E-state index is -3.72. The molecule has 10 heteroatoms. The number of nitrogens with zero attached hydrogens (tertiary/aromatic N) is 2. The van der Waals surface area contributed by atoms with Crippen molar-refractivity contribution in [2.24, 2.45) is 0 Å². The van der Waals surface area contributed by atoms with Crippen LogP contribution in [0.15, 0.2) is 55.0 Å². The number of carbonyl (C=O) groups excluding carboxylic acids is 1. The Morgan fingerprint density at radius 2 is 1.97 bits per heavy atom. The molecule has 0 spiro atoms. The molecule has 1 atom stereocenters. The van der Waals surface area contributed by atoms with Crippen LogP contribution in [-0.4, -0.2) is 28.0 Å². The number of fused-ring (bicyclic) bond motifs is 1. The summed E-state index contributed by atoms with van der Waals surface area (Å²) in [4.78, 5) is 24.2. The molecule has 7 nitrogen and oxygen atoms in total. The van der Waals surface area contributed by atoms with Crippen molar-refractivity contribution in [2.75, 3.05) is 7.11 Å². The maximum Gasteiger partial charge on any atom is 0.268 e. The van der Waals surface area contributed by atoms with Gasteiger partial charge in [0.05, 0.1) is 17.5 Å². The van der Waals surface area contributed by atoms with Crippen molar-refractivity contribution in [3.05, 3.63) is 82.0 Å². The van der Waals surface area contributed by atoms with E-state index in [1.165, 1.54) is 13.4 Å². The van der Waals surface area contributed by atoms with E-state index in [9.17, 15) is 9.36 Å². The SMILES string of the molecule is COP(=O)(c1cc(C)cc(Cl)c1)c1c(C(=O)NCc2ccncn2)[nH]c2ccc(Cl)cc12. The molecule has 0 fully saturated rings. The topological polar surface area (TPSA) is 97.0 Å². The number of rotatable bonds is 6. The van der Waals surface area contributed by atoms with Crippen LogP contribution in [0.2, 0.25) is 10.0 Å². The number of benzene rings is 2. The highest BCUT2D eigenvalue weighted by Gasteiger charge is 2.36. The lowest BCUT2D eigenvalue weighted by molar-refractivity contribution is 0.0947. The van der Waals surface area contributed by atoms with Gasteiger partial charge in [-0.25, -0.2) is 9.97 Å². The maximum atomic E-state index is 14.3. The van der Waals surface area contributed by atoms with Crippen LogP contribution in [0, 0.1) is 6.92 Å². The molecule has 0 aliphatic heterocycles. The molecule has 0 radical (unpaired) electrons. The van der Waals surface area contributed by atoms with Crippen molar-refractivity contribution in [1.29, 1.82) is 0 Å². The minimum absolute atomic E-state index is 0.124. The van der Waals surface area contributed by atoms with Gasteiger partial charge in [-0.15, -0.1) is 0 Å². The number of nitrogens with one attached hydrogen (secondary N) is 2. The molecule has 0 aliphatic rings. The Kier molecular flexibility index (Phi) is 6.35. The smallest absolute Gasteiger partial charge is 0.268 e. The van der Waals surface area contributed by atoms with E-state index in [0.717, 1.165) is 5.56 Å². The van der Waals surface area contributed by atoms with Crippen molar-refractivity contribution < 1.29 is 13.9 Å². The molecule has 2 N–H and O–H groups in total. The molecular formula is C22H19Cl2N4O3P. The van der Waals surface area contributed by atoms with Gasteiger partial charge in [0, 0.05) is 39.6 Å². The molecule has 4 aromatic rings. The van der Waals surface area contributed by atoms with E-state index >= 15 is 0 Å². The molecule has 2 aromatic carbocycles. The van der Waals surface area contributed by atoms with Crippen LogP contribution in [0.5, 0.6) is 0 Å². The number of halogens is 2. The molecule has 1 unspecified atom stereocenters. The lowest BCUT2D eigenvalue weighted by Gasteiger charge is -2.19. The van der Waals surface area contributed by atoms with E-state index in [2.05, 4.69) is 20.3 Å². The van der Waals surface area contributed by atoms with Crippen LogP contribution < -0.4 is 15.9 Å². The Balaban J connectivity index is 1.87. The zero-order valence-electron chi connectivity index (χ0n) is 17.2. The molecular weight excluding hydrogens is 470 g/mol. The number of carbonyl (C=O) groups is 1. The zero-order valence-corrected chi connectivity index (χ0v) is 19.6. The molecule has 0 bridgehead atoms. The fraction of sp³-hybridized carbons (Fsp3) is 0.136. The van der Waals surface area contributed by atoms with E-state index in [0.29, 0.717) is 31.9 Å². The normalized spacial score (nSPS) is 13.1. The molecule has 4 rings (SSSR count). The van der Waals surface area contributed by atoms with Gasteiger partial charge in [-0.1, -0.05) is 23.2 Å². The van der Waals surface area contributed by atoms with E-state index in [4.69, 9.17) is 27.7 Å². The van der Waals surface area contributed by atoms with Gasteiger partial charge in [-0.05, 0) is 55.0 Å². The summed E-state index contributed by atoms with van der Waals surface area (Å²) in [5.41, 5.74) is 2.18. The summed E-state index contributed by atoms with van der Waals surface area (Å²) >= 11 is 12.5. The Bertz CT molecular complexity index is 1340. The van der Waals surface area contributed by atoms with Crippen molar-refractivity contribution in [2.45, 2.75) is 13.5 Å². The van der Waals surface area contributed by atoms with Gasteiger partial charge in [-0.3, -0.25) is 9.36 Å². The average molecular weight is 489 g/mol. The summed E-state index contributed by atoms with van der Waals surface area (Å²) in [5, 5.41) is 4.82. The summed E-state index contributed by atoms with van der Waals surface area (Å²) < 4.78 is 19.9. The number of hydrogen-bond acceptors (Lipinski definition) is 5. The Morgan fingerprint density at radius 3 is 2.66 bits per heavy atom. The van der Waals surface area contributed by atoms with E-state index in [1.54, 1.807) is 48.7 Å². The standard InChI is InChI=1S/C22H19Cl2N4O3P/c1-13-7-15(24)9-17(8-13)32(30,31-2)21-18-10-14(23)3-4-19(18)28-20(21)22(29)26-11-16-5-6-25-12-27-16/h3-10,12,28H,11H2,1-2H3,(H,26,29). The Morgan fingerprint density at radius 1 is 1.16 bits per heavy atom. The van der Waals surface area contributed by atoms with Gasteiger partial charge in [0.25, 0.3) is 13.3 Å². The van der Waals surface area contributed by atoms with E-state index < -0.39 is 13.3 Å². The molecule has 1 amide bonds. The van der Waals surface area contributed by atoms with Gasteiger partial charge in [-0.2, -0.15) is 0 Å². The monoisotopic (exact) mass is 488 g/mol. The maximum absolute atomic E-state index is 14.3. The fourth-order valence-corrected chi connectivity index (χ4v) is 6.34. The van der Waals surface area contributed by atoms with Gasteiger partial charge in [0.2, 0.25) is 0 Å². The summed E-state index contributed by atoms with van der Waals surface area (Å²) in [6, 6.07) is 11.9. The number of aryl methyl sites for hydroxylation is 1. The third-order valence-electron chi connectivity index (χ3n) is 4.95. The number of aromatic amines is 1. The second-order valence-electron chi connectivity index (χ2n) is 7.14. The second-order valence-corrected chi connectivity index (χ2v) is 10.4. The quantitative estimate of drug-likeness (QED) is 0.392. The summed E-state index contributed by atoms with van der Waals surface area (Å²) in [7, 11) is -2.37. The first-order valence-electron chi connectivity index (χ1n) is 9.60. The number of H-pyrrole nitrogens is 1. The largest absolute Gasteiger partial charge is 0.350 e. The predicted octanol–water partition coefficient (Wildman–Crippen LogP) is 4.38. The number of aromatic nitrogens is 3. The van der Waals surface area contributed by atoms with Crippen LogP contribution in [-0.2, 0) is 15.6 Å². The first-order chi connectivity index (χ1) is 15.3. The molecule has 0 saturated heterocycles. The lowest BCUT2D eigenvalue weighted by Crippen LogP contribution is -2.30. The Labute approximate surface area is 194 Å². The molecule has 2 heterocycles. The number of amides is 1. The van der Waals surface area contributed by atoms with Crippen molar-refractivity contribution >= 4 is 58.0 Å². The van der Waals surface area contributed by atoms with Gasteiger partial charge in [0.15, 0.2) is 0 Å². The van der Waals surface area contributed by atoms with Crippen LogP contribution in [0.3, 0.4) is 0 Å². The Hall–Kier alpha value is -2.70. The molecule has 164 valence electrons. The van der Waals surface area contributed by atoms with E-state index in [-0.39, 0.29) is 17.5 Å². The van der Waals surface area contributed by atoms with Crippen molar-refractivity contribution in [3.63, 3.8) is 0 Å². The first kappa shape index (κ1) is 22.5. The summed E-state index contributed by atoms with van der Waals surface area (Å²) in [5.74, 6) is -0.457. The lowest BCUT2D eigenvalue weighted by atomic mass is 10.2. The molecule has 0 aliphatic carbocycles. The summed E-state index contributed by atoms with van der Waals surface area (Å²) in [6.45, 7) is 2.02. The molecule has 0 saturated carbocycles. The highest BCUT2D eigenvalue weighted by Crippen LogP contribution is 2.47. The third kappa shape index (κ3) is 4.30. The van der Waals surface area contributed by atoms with Crippen LogP contribution in [0.1, 0.15) is 21.7 Å². The van der Waals surface area contributed by atoms with Crippen LogP contribution in [0.25, 0.3) is 10.9 Å². The third-order valence-corrected chi connectivity index (χ3v) is 7.91. The van der Waals surface area contributed by atoms with Gasteiger partial charge < -0.3 is 14.8 Å².